The van der Waals surface area contributed by atoms with Gasteiger partial charge in [0.1, 0.15) is 0 Å². The van der Waals surface area contributed by atoms with Gasteiger partial charge < -0.3 is 0 Å². The number of benzene rings is 5. The average molecular weight is 363 g/mol. The van der Waals surface area contributed by atoms with Crippen LogP contribution in [0.1, 0.15) is 0 Å². The number of halogens is 1. The molecular weight excluding hydrogens is 348 g/mol. The molecule has 0 nitrogen and oxygen atoms in total. The maximum absolute atomic E-state index is 6.35. The van der Waals surface area contributed by atoms with Crippen LogP contribution in [0.15, 0.2) is 91.0 Å². The van der Waals surface area contributed by atoms with Gasteiger partial charge in [-0.15, -0.1) is 0 Å². The van der Waals surface area contributed by atoms with E-state index in [1.807, 2.05) is 6.07 Å². The number of hydrogen-bond acceptors (Lipinski definition) is 0. The Bertz CT molecular complexity index is 1360. The molecule has 0 heterocycles. The van der Waals surface area contributed by atoms with Crippen molar-refractivity contribution in [3.8, 4) is 33.4 Å². The van der Waals surface area contributed by atoms with Gasteiger partial charge in [0.15, 0.2) is 0 Å². The fraction of sp³-hybridized carbons (Fsp3) is 0. The van der Waals surface area contributed by atoms with Crippen molar-refractivity contribution >= 4 is 33.1 Å². The maximum atomic E-state index is 6.35. The summed E-state index contributed by atoms with van der Waals surface area (Å²) in [6, 6.07) is 32.4. The lowest BCUT2D eigenvalue weighted by Crippen LogP contribution is -1.87. The summed E-state index contributed by atoms with van der Waals surface area (Å²) < 4.78 is 0. The smallest absolute Gasteiger partial charge is 0.0412 e. The first-order valence-electron chi connectivity index (χ1n) is 9.16. The molecule has 0 N–H and O–H groups in total. The zero-order chi connectivity index (χ0) is 18.0. The first kappa shape index (κ1) is 15.0. The zero-order valence-electron chi connectivity index (χ0n) is 14.5. The minimum absolute atomic E-state index is 0.783. The molecular formula is C26H15Cl. The minimum Gasteiger partial charge on any atom is -0.0843 e. The lowest BCUT2D eigenvalue weighted by atomic mass is 9.88. The van der Waals surface area contributed by atoms with E-state index in [0.717, 1.165) is 5.02 Å². The van der Waals surface area contributed by atoms with Crippen molar-refractivity contribution in [3.05, 3.63) is 96.0 Å². The third-order valence-corrected chi connectivity index (χ3v) is 5.89. The van der Waals surface area contributed by atoms with E-state index < -0.39 is 0 Å². The molecule has 0 aromatic heterocycles. The molecule has 0 saturated heterocycles. The molecule has 0 spiro atoms. The van der Waals surface area contributed by atoms with Crippen molar-refractivity contribution in [1.29, 1.82) is 0 Å². The lowest BCUT2D eigenvalue weighted by Gasteiger charge is -2.15. The molecule has 0 saturated carbocycles. The normalized spacial score (nSPS) is 11.9. The van der Waals surface area contributed by atoms with Gasteiger partial charge in [-0.05, 0) is 67.1 Å². The van der Waals surface area contributed by atoms with Crippen molar-refractivity contribution in [2.75, 3.05) is 0 Å². The largest absolute Gasteiger partial charge is 0.0843 e. The molecule has 0 atom stereocenters. The van der Waals surface area contributed by atoms with Gasteiger partial charge in [0.2, 0.25) is 0 Å². The molecule has 5 aromatic rings. The molecule has 0 fully saturated rings. The third kappa shape index (κ3) is 1.99. The Kier molecular flexibility index (Phi) is 3.03. The molecule has 27 heavy (non-hydrogen) atoms. The van der Waals surface area contributed by atoms with Crippen LogP contribution in [0, 0.1) is 0 Å². The summed E-state index contributed by atoms with van der Waals surface area (Å²) in [4.78, 5) is 0. The van der Waals surface area contributed by atoms with Crippen LogP contribution >= 0.6 is 11.6 Å². The van der Waals surface area contributed by atoms with Crippen LogP contribution in [0.2, 0.25) is 5.02 Å². The monoisotopic (exact) mass is 362 g/mol. The lowest BCUT2D eigenvalue weighted by molar-refractivity contribution is 1.68. The van der Waals surface area contributed by atoms with Gasteiger partial charge in [0.05, 0.1) is 0 Å². The predicted octanol–water partition coefficient (Wildman–Crippen LogP) is 7.96. The van der Waals surface area contributed by atoms with E-state index in [-0.39, 0.29) is 0 Å². The van der Waals surface area contributed by atoms with E-state index in [1.165, 1.54) is 54.9 Å². The topological polar surface area (TPSA) is 0 Å². The van der Waals surface area contributed by atoms with Gasteiger partial charge in [0, 0.05) is 5.02 Å². The molecule has 0 aliphatic heterocycles. The summed E-state index contributed by atoms with van der Waals surface area (Å²) in [6.07, 6.45) is 0. The quantitative estimate of drug-likeness (QED) is 0.260. The SMILES string of the molecule is Clc1ccc2c(c1)-c1cccc3c(-c4ccccc4)c4ccccc4c-2c13. The summed E-state index contributed by atoms with van der Waals surface area (Å²) in [5, 5.41) is 6.03. The van der Waals surface area contributed by atoms with Crippen LogP contribution in [0.3, 0.4) is 0 Å². The molecule has 0 unspecified atom stereocenters. The second-order valence-electron chi connectivity index (χ2n) is 7.08. The Balaban J connectivity index is 1.90. The molecule has 0 amide bonds. The Hall–Kier alpha value is -3.09. The van der Waals surface area contributed by atoms with Crippen LogP contribution < -0.4 is 0 Å². The molecule has 5 aromatic carbocycles. The second-order valence-corrected chi connectivity index (χ2v) is 7.52. The molecule has 1 aliphatic rings. The first-order chi connectivity index (χ1) is 13.3. The van der Waals surface area contributed by atoms with Crippen molar-refractivity contribution in [2.24, 2.45) is 0 Å². The summed E-state index contributed by atoms with van der Waals surface area (Å²) in [5.41, 5.74) is 7.70. The van der Waals surface area contributed by atoms with Gasteiger partial charge >= 0.3 is 0 Å². The summed E-state index contributed by atoms with van der Waals surface area (Å²) in [6.45, 7) is 0. The molecule has 6 rings (SSSR count). The fourth-order valence-electron chi connectivity index (χ4n) is 4.61. The number of rotatable bonds is 1. The van der Waals surface area contributed by atoms with E-state index in [2.05, 4.69) is 84.9 Å². The van der Waals surface area contributed by atoms with Crippen LogP contribution in [0.5, 0.6) is 0 Å². The van der Waals surface area contributed by atoms with Gasteiger partial charge in [-0.25, -0.2) is 0 Å². The Morgan fingerprint density at radius 3 is 2.00 bits per heavy atom. The standard InChI is InChI=1S/C26H15Cl/c27-17-13-14-21-23(15-17)20-11-6-12-22-24(16-7-2-1-3-8-16)18-9-4-5-10-19(18)25(21)26(20)22/h1-15H. The number of hydrogen-bond donors (Lipinski definition) is 0. The molecule has 0 radical (unpaired) electrons. The van der Waals surface area contributed by atoms with Crippen molar-refractivity contribution in [1.82, 2.24) is 0 Å². The Morgan fingerprint density at radius 2 is 1.19 bits per heavy atom. The summed E-state index contributed by atoms with van der Waals surface area (Å²) in [5.74, 6) is 0. The van der Waals surface area contributed by atoms with E-state index in [0.29, 0.717) is 0 Å². The summed E-state index contributed by atoms with van der Waals surface area (Å²) >= 11 is 6.35. The van der Waals surface area contributed by atoms with Gasteiger partial charge in [-0.2, -0.15) is 0 Å². The summed E-state index contributed by atoms with van der Waals surface area (Å²) in [7, 11) is 0. The highest BCUT2D eigenvalue weighted by Crippen LogP contribution is 2.53. The van der Waals surface area contributed by atoms with Gasteiger partial charge in [-0.3, -0.25) is 0 Å². The van der Waals surface area contributed by atoms with Crippen LogP contribution in [0.4, 0.5) is 0 Å². The fourth-order valence-corrected chi connectivity index (χ4v) is 4.78. The van der Waals surface area contributed by atoms with E-state index in [1.54, 1.807) is 0 Å². The highest BCUT2D eigenvalue weighted by Gasteiger charge is 2.26. The van der Waals surface area contributed by atoms with Crippen LogP contribution in [0.25, 0.3) is 54.9 Å². The molecule has 1 aliphatic carbocycles. The highest BCUT2D eigenvalue weighted by atomic mass is 35.5. The van der Waals surface area contributed by atoms with E-state index in [4.69, 9.17) is 11.6 Å². The van der Waals surface area contributed by atoms with Crippen molar-refractivity contribution in [3.63, 3.8) is 0 Å². The molecule has 126 valence electrons. The van der Waals surface area contributed by atoms with E-state index >= 15 is 0 Å². The van der Waals surface area contributed by atoms with Crippen molar-refractivity contribution in [2.45, 2.75) is 0 Å². The maximum Gasteiger partial charge on any atom is 0.0412 e. The second kappa shape index (κ2) is 5.45. The molecule has 1 heteroatoms. The van der Waals surface area contributed by atoms with Crippen molar-refractivity contribution < 1.29 is 0 Å². The Labute approximate surface area is 162 Å². The van der Waals surface area contributed by atoms with Gasteiger partial charge in [0.25, 0.3) is 0 Å². The first-order valence-corrected chi connectivity index (χ1v) is 9.54. The predicted molar refractivity (Wildman–Crippen MR) is 116 cm³/mol. The zero-order valence-corrected chi connectivity index (χ0v) is 15.3. The van der Waals surface area contributed by atoms with Crippen LogP contribution in [-0.2, 0) is 0 Å². The van der Waals surface area contributed by atoms with E-state index in [9.17, 15) is 0 Å². The average Bonchev–Trinajstić information content (AvgIpc) is 3.04. The minimum atomic E-state index is 0.783. The van der Waals surface area contributed by atoms with Crippen LogP contribution in [-0.4, -0.2) is 0 Å². The Morgan fingerprint density at radius 1 is 0.481 bits per heavy atom. The molecule has 0 bridgehead atoms. The number of fused-ring (bicyclic) bond motifs is 5. The third-order valence-electron chi connectivity index (χ3n) is 5.65. The highest BCUT2D eigenvalue weighted by molar-refractivity contribution is 6.33. The van der Waals surface area contributed by atoms with Gasteiger partial charge in [-0.1, -0.05) is 90.5 Å².